The standard InChI is InChI=1S/C16H24F2N2O/c1-11-7-19-2-3-20(11)13(21)14-4-12-5-15(17,8-14)10-16(18,6-12)9-14/h11-12,19H,2-10H2,1H3/t11-,12?,14?,15?,16?/m0/s1. The van der Waals surface area contributed by atoms with Crippen molar-refractivity contribution in [3.05, 3.63) is 0 Å². The van der Waals surface area contributed by atoms with Gasteiger partial charge in [0.25, 0.3) is 0 Å². The van der Waals surface area contributed by atoms with Crippen LogP contribution in [0.5, 0.6) is 0 Å². The Bertz CT molecular complexity index is 465. The summed E-state index contributed by atoms with van der Waals surface area (Å²) in [4.78, 5) is 15.0. The van der Waals surface area contributed by atoms with Crippen molar-refractivity contribution in [2.45, 2.75) is 62.8 Å². The molecule has 0 spiro atoms. The first-order valence-corrected chi connectivity index (χ1v) is 8.23. The molecule has 3 nitrogen and oxygen atoms in total. The molecular weight excluding hydrogens is 274 g/mol. The minimum Gasteiger partial charge on any atom is -0.337 e. The quantitative estimate of drug-likeness (QED) is 0.805. The van der Waals surface area contributed by atoms with E-state index < -0.39 is 16.8 Å². The van der Waals surface area contributed by atoms with Gasteiger partial charge >= 0.3 is 0 Å². The van der Waals surface area contributed by atoms with Gasteiger partial charge in [-0.2, -0.15) is 0 Å². The Labute approximate surface area is 124 Å². The van der Waals surface area contributed by atoms with Crippen LogP contribution in [-0.4, -0.2) is 47.8 Å². The fraction of sp³-hybridized carbons (Fsp3) is 0.938. The lowest BCUT2D eigenvalue weighted by Gasteiger charge is -2.61. The number of carbonyl (C=O) groups is 1. The number of hydrogen-bond acceptors (Lipinski definition) is 2. The molecule has 3 atom stereocenters. The zero-order chi connectivity index (χ0) is 14.9. The zero-order valence-electron chi connectivity index (χ0n) is 12.6. The van der Waals surface area contributed by atoms with Gasteiger partial charge in [-0.1, -0.05) is 0 Å². The number of nitrogens with zero attached hydrogens (tertiary/aromatic N) is 1. The van der Waals surface area contributed by atoms with Crippen LogP contribution >= 0.6 is 0 Å². The highest BCUT2D eigenvalue weighted by Crippen LogP contribution is 2.66. The molecule has 0 aromatic heterocycles. The van der Waals surface area contributed by atoms with E-state index in [1.807, 2.05) is 11.8 Å². The molecule has 21 heavy (non-hydrogen) atoms. The van der Waals surface area contributed by atoms with Gasteiger partial charge < -0.3 is 10.2 Å². The van der Waals surface area contributed by atoms with Crippen LogP contribution in [0.3, 0.4) is 0 Å². The number of carbonyl (C=O) groups excluding carboxylic acids is 1. The van der Waals surface area contributed by atoms with Crippen LogP contribution in [0.4, 0.5) is 8.78 Å². The third-order valence-electron chi connectivity index (χ3n) is 6.15. The maximum atomic E-state index is 15.0. The Morgan fingerprint density at radius 3 is 2.38 bits per heavy atom. The number of amides is 1. The predicted molar refractivity (Wildman–Crippen MR) is 75.3 cm³/mol. The summed E-state index contributed by atoms with van der Waals surface area (Å²) in [7, 11) is 0. The van der Waals surface area contributed by atoms with Gasteiger partial charge in [0.15, 0.2) is 0 Å². The van der Waals surface area contributed by atoms with Crippen molar-refractivity contribution in [3.8, 4) is 0 Å². The average molecular weight is 298 g/mol. The molecule has 1 aliphatic heterocycles. The van der Waals surface area contributed by atoms with Gasteiger partial charge in [-0.25, -0.2) is 8.78 Å². The van der Waals surface area contributed by atoms with Crippen LogP contribution in [0.1, 0.15) is 45.4 Å². The molecule has 4 aliphatic carbocycles. The average Bonchev–Trinajstić information content (AvgIpc) is 2.34. The number of nitrogens with one attached hydrogen (secondary N) is 1. The lowest BCUT2D eigenvalue weighted by atomic mass is 9.47. The van der Waals surface area contributed by atoms with E-state index in [9.17, 15) is 13.6 Å². The molecule has 1 saturated heterocycles. The van der Waals surface area contributed by atoms with Crippen molar-refractivity contribution in [2.24, 2.45) is 11.3 Å². The van der Waals surface area contributed by atoms with Crippen LogP contribution in [0.2, 0.25) is 0 Å². The van der Waals surface area contributed by atoms with E-state index in [-0.39, 0.29) is 37.1 Å². The van der Waals surface area contributed by atoms with Crippen molar-refractivity contribution < 1.29 is 13.6 Å². The normalized spacial score (nSPS) is 52.2. The third-order valence-corrected chi connectivity index (χ3v) is 6.15. The fourth-order valence-electron chi connectivity index (χ4n) is 5.89. The van der Waals surface area contributed by atoms with Crippen LogP contribution < -0.4 is 5.32 Å². The Morgan fingerprint density at radius 1 is 1.14 bits per heavy atom. The second-order valence-electron chi connectivity index (χ2n) is 8.14. The Balaban J connectivity index is 1.66. The van der Waals surface area contributed by atoms with E-state index in [0.717, 1.165) is 13.1 Å². The minimum atomic E-state index is -1.44. The molecule has 2 unspecified atom stereocenters. The van der Waals surface area contributed by atoms with Crippen molar-refractivity contribution in [1.82, 2.24) is 10.2 Å². The summed E-state index contributed by atoms with van der Waals surface area (Å²) < 4.78 is 30.0. The van der Waals surface area contributed by atoms with E-state index in [2.05, 4.69) is 5.32 Å². The molecular formula is C16H24F2N2O. The lowest BCUT2D eigenvalue weighted by molar-refractivity contribution is -0.194. The van der Waals surface area contributed by atoms with Gasteiger partial charge in [-0.05, 0) is 44.9 Å². The van der Waals surface area contributed by atoms with E-state index in [4.69, 9.17) is 0 Å². The van der Waals surface area contributed by atoms with Gasteiger partial charge in [-0.15, -0.1) is 0 Å². The van der Waals surface area contributed by atoms with Crippen molar-refractivity contribution >= 4 is 5.91 Å². The summed E-state index contributed by atoms with van der Waals surface area (Å²) in [6, 6.07) is 0.116. The molecule has 1 heterocycles. The summed E-state index contributed by atoms with van der Waals surface area (Å²) in [5.74, 6) is 0.0723. The molecule has 5 rings (SSSR count). The van der Waals surface area contributed by atoms with Gasteiger partial charge in [0.1, 0.15) is 11.3 Å². The number of hydrogen-bond donors (Lipinski definition) is 1. The fourth-order valence-corrected chi connectivity index (χ4v) is 5.89. The number of alkyl halides is 2. The monoisotopic (exact) mass is 298 g/mol. The van der Waals surface area contributed by atoms with Crippen LogP contribution in [-0.2, 0) is 4.79 Å². The van der Waals surface area contributed by atoms with Crippen molar-refractivity contribution in [2.75, 3.05) is 19.6 Å². The third kappa shape index (κ3) is 2.03. The van der Waals surface area contributed by atoms with Crippen LogP contribution in [0.15, 0.2) is 0 Å². The van der Waals surface area contributed by atoms with Crippen LogP contribution in [0, 0.1) is 11.3 Å². The largest absolute Gasteiger partial charge is 0.337 e. The van der Waals surface area contributed by atoms with Gasteiger partial charge in [0.2, 0.25) is 5.91 Å². The van der Waals surface area contributed by atoms with Crippen LogP contribution in [0.25, 0.3) is 0 Å². The molecule has 4 saturated carbocycles. The van der Waals surface area contributed by atoms with E-state index in [1.165, 1.54) is 0 Å². The molecule has 1 N–H and O–H groups in total. The number of rotatable bonds is 1. The molecule has 5 aliphatic rings. The molecule has 0 radical (unpaired) electrons. The Morgan fingerprint density at radius 2 is 1.81 bits per heavy atom. The van der Waals surface area contributed by atoms with Gasteiger partial charge in [0.05, 0.1) is 5.41 Å². The van der Waals surface area contributed by atoms with Gasteiger partial charge in [-0.3, -0.25) is 4.79 Å². The number of halogens is 2. The Kier molecular flexibility index (Phi) is 2.77. The molecule has 1 amide bonds. The number of piperazine rings is 1. The first-order valence-electron chi connectivity index (χ1n) is 8.23. The second kappa shape index (κ2) is 4.18. The van der Waals surface area contributed by atoms with Crippen molar-refractivity contribution in [3.63, 3.8) is 0 Å². The topological polar surface area (TPSA) is 32.3 Å². The first kappa shape index (κ1) is 13.9. The summed E-state index contributed by atoms with van der Waals surface area (Å²) in [5, 5.41) is 3.27. The van der Waals surface area contributed by atoms with E-state index in [0.29, 0.717) is 25.8 Å². The highest BCUT2D eigenvalue weighted by molar-refractivity contribution is 5.84. The minimum absolute atomic E-state index is 0.0165. The molecule has 0 aromatic rings. The van der Waals surface area contributed by atoms with Crippen molar-refractivity contribution in [1.29, 1.82) is 0 Å². The zero-order valence-corrected chi connectivity index (χ0v) is 12.6. The smallest absolute Gasteiger partial charge is 0.229 e. The lowest BCUT2D eigenvalue weighted by Crippen LogP contribution is -2.66. The predicted octanol–water partition coefficient (Wildman–Crippen LogP) is 2.21. The molecule has 0 aromatic carbocycles. The highest BCUT2D eigenvalue weighted by atomic mass is 19.2. The maximum absolute atomic E-state index is 15.0. The molecule has 4 bridgehead atoms. The highest BCUT2D eigenvalue weighted by Gasteiger charge is 2.67. The Hall–Kier alpha value is -0.710. The van der Waals surface area contributed by atoms with Gasteiger partial charge in [0, 0.05) is 32.1 Å². The second-order valence-corrected chi connectivity index (χ2v) is 8.14. The summed E-state index contributed by atoms with van der Waals surface area (Å²) in [5.41, 5.74) is -3.66. The summed E-state index contributed by atoms with van der Waals surface area (Å²) >= 11 is 0. The van der Waals surface area contributed by atoms with E-state index in [1.54, 1.807) is 0 Å². The summed E-state index contributed by atoms with van der Waals surface area (Å²) in [6.07, 6.45) is 2.13. The first-order chi connectivity index (χ1) is 9.83. The summed E-state index contributed by atoms with van der Waals surface area (Å²) in [6.45, 7) is 4.22. The molecule has 5 heteroatoms. The maximum Gasteiger partial charge on any atom is 0.229 e. The molecule has 118 valence electrons. The molecule has 5 fully saturated rings. The van der Waals surface area contributed by atoms with E-state index >= 15 is 0 Å². The SMILES string of the molecule is C[C@H]1CNCCN1C(=O)C12CC3CC(F)(CC(F)(C3)C1)C2.